The Balaban J connectivity index is 2.19. The molecule has 4 heteroatoms. The average Bonchev–Trinajstić information content (AvgIpc) is 3.12. The minimum Gasteiger partial charge on any atom is -0.497 e. The van der Waals surface area contributed by atoms with Crippen LogP contribution in [0, 0.1) is 0 Å². The number of epoxide rings is 1. The summed E-state index contributed by atoms with van der Waals surface area (Å²) in [6.07, 6.45) is 2.60. The molecule has 0 aromatic heterocycles. The molecular weight excluding hydrogens is 232 g/mol. The standard InChI is InChI=1S/C14H18O4/c1-3-4-5-12-14(18-12,13(15)16)10-6-8-11(17-2)9-7-10/h6-9,12H,3-5H2,1-2H3,(H,15,16)/t12-,14+/m0/s1. The number of hydrogen-bond acceptors (Lipinski definition) is 3. The second-order valence-corrected chi connectivity index (χ2v) is 4.52. The minimum absolute atomic E-state index is 0.205. The molecule has 1 aromatic carbocycles. The van der Waals surface area contributed by atoms with Crippen molar-refractivity contribution >= 4 is 5.97 Å². The van der Waals surface area contributed by atoms with Gasteiger partial charge in [-0.3, -0.25) is 0 Å². The molecule has 4 nitrogen and oxygen atoms in total. The Bertz CT molecular complexity index is 426. The molecule has 2 rings (SSSR count). The molecule has 2 atom stereocenters. The summed E-state index contributed by atoms with van der Waals surface area (Å²) in [6, 6.07) is 7.05. The first kappa shape index (κ1) is 12.9. The number of carbonyl (C=O) groups is 1. The number of carboxylic acid groups (broad SMARTS) is 1. The molecule has 0 radical (unpaired) electrons. The smallest absolute Gasteiger partial charge is 0.343 e. The van der Waals surface area contributed by atoms with E-state index in [-0.39, 0.29) is 6.10 Å². The third kappa shape index (κ3) is 2.08. The van der Waals surface area contributed by atoms with Crippen LogP contribution in [0.3, 0.4) is 0 Å². The van der Waals surface area contributed by atoms with Crippen molar-refractivity contribution in [3.63, 3.8) is 0 Å². The van der Waals surface area contributed by atoms with Crippen LogP contribution in [0.1, 0.15) is 31.7 Å². The van der Waals surface area contributed by atoms with Crippen LogP contribution in [-0.4, -0.2) is 24.3 Å². The molecule has 1 heterocycles. The van der Waals surface area contributed by atoms with Crippen molar-refractivity contribution in [1.82, 2.24) is 0 Å². The van der Waals surface area contributed by atoms with E-state index in [2.05, 4.69) is 6.92 Å². The molecular formula is C14H18O4. The van der Waals surface area contributed by atoms with Crippen molar-refractivity contribution in [2.24, 2.45) is 0 Å². The summed E-state index contributed by atoms with van der Waals surface area (Å²) in [5.74, 6) is -0.196. The van der Waals surface area contributed by atoms with Crippen molar-refractivity contribution in [2.45, 2.75) is 37.9 Å². The largest absolute Gasteiger partial charge is 0.497 e. The molecule has 98 valence electrons. The van der Waals surface area contributed by atoms with Crippen molar-refractivity contribution in [2.75, 3.05) is 7.11 Å². The van der Waals surface area contributed by atoms with Crippen molar-refractivity contribution in [1.29, 1.82) is 0 Å². The number of rotatable bonds is 6. The summed E-state index contributed by atoms with van der Waals surface area (Å²) >= 11 is 0. The lowest BCUT2D eigenvalue weighted by Gasteiger charge is -2.09. The molecule has 0 aliphatic carbocycles. The van der Waals surface area contributed by atoms with Crippen LogP contribution in [0.5, 0.6) is 5.75 Å². The van der Waals surface area contributed by atoms with Gasteiger partial charge in [0.15, 0.2) is 0 Å². The number of aliphatic carboxylic acids is 1. The van der Waals surface area contributed by atoms with Crippen molar-refractivity contribution < 1.29 is 19.4 Å². The topological polar surface area (TPSA) is 59.1 Å². The van der Waals surface area contributed by atoms with Gasteiger partial charge in [-0.2, -0.15) is 0 Å². The Morgan fingerprint density at radius 2 is 2.11 bits per heavy atom. The third-order valence-electron chi connectivity index (χ3n) is 3.38. The molecule has 1 aromatic rings. The Morgan fingerprint density at radius 3 is 2.61 bits per heavy atom. The van der Waals surface area contributed by atoms with E-state index in [1.54, 1.807) is 31.4 Å². The zero-order valence-corrected chi connectivity index (χ0v) is 10.7. The van der Waals surface area contributed by atoms with Gasteiger partial charge in [0, 0.05) is 0 Å². The van der Waals surface area contributed by atoms with Gasteiger partial charge >= 0.3 is 5.97 Å². The van der Waals surface area contributed by atoms with E-state index >= 15 is 0 Å². The fourth-order valence-electron chi connectivity index (χ4n) is 2.25. The monoisotopic (exact) mass is 250 g/mol. The zero-order chi connectivity index (χ0) is 13.2. The van der Waals surface area contributed by atoms with Gasteiger partial charge in [0.1, 0.15) is 11.9 Å². The van der Waals surface area contributed by atoms with Crippen molar-refractivity contribution in [3.05, 3.63) is 29.8 Å². The number of benzene rings is 1. The van der Waals surface area contributed by atoms with Gasteiger partial charge in [-0.15, -0.1) is 0 Å². The Labute approximate surface area is 107 Å². The maximum Gasteiger partial charge on any atom is 0.343 e. The van der Waals surface area contributed by atoms with E-state index in [4.69, 9.17) is 9.47 Å². The van der Waals surface area contributed by atoms with Gasteiger partial charge in [-0.05, 0) is 24.1 Å². The number of hydrogen-bond donors (Lipinski definition) is 1. The maximum absolute atomic E-state index is 11.5. The van der Waals surface area contributed by atoms with Crippen LogP contribution in [0.2, 0.25) is 0 Å². The highest BCUT2D eigenvalue weighted by atomic mass is 16.6. The fourth-order valence-corrected chi connectivity index (χ4v) is 2.25. The molecule has 1 aliphatic heterocycles. The molecule has 0 amide bonds. The van der Waals surface area contributed by atoms with Crippen LogP contribution in [0.25, 0.3) is 0 Å². The highest BCUT2D eigenvalue weighted by Crippen LogP contribution is 2.49. The molecule has 0 spiro atoms. The molecule has 1 saturated heterocycles. The van der Waals surface area contributed by atoms with Gasteiger partial charge in [-0.25, -0.2) is 4.79 Å². The van der Waals surface area contributed by atoms with Gasteiger partial charge in [0.25, 0.3) is 0 Å². The van der Waals surface area contributed by atoms with E-state index < -0.39 is 11.6 Å². The molecule has 1 aliphatic rings. The number of ether oxygens (including phenoxy) is 2. The van der Waals surface area contributed by atoms with Gasteiger partial charge in [0.05, 0.1) is 7.11 Å². The molecule has 0 saturated carbocycles. The molecule has 0 unspecified atom stereocenters. The van der Waals surface area contributed by atoms with E-state index in [0.29, 0.717) is 11.3 Å². The lowest BCUT2D eigenvalue weighted by atomic mass is 9.93. The summed E-state index contributed by atoms with van der Waals surface area (Å²) in [4.78, 5) is 11.5. The highest BCUT2D eigenvalue weighted by molar-refractivity contribution is 5.83. The fraction of sp³-hybridized carbons (Fsp3) is 0.500. The van der Waals surface area contributed by atoms with E-state index in [0.717, 1.165) is 19.3 Å². The summed E-state index contributed by atoms with van der Waals surface area (Å²) in [7, 11) is 1.58. The van der Waals surface area contributed by atoms with Crippen LogP contribution in [0.15, 0.2) is 24.3 Å². The number of methoxy groups -OCH3 is 1. The predicted octanol–water partition coefficient (Wildman–Crippen LogP) is 2.56. The first-order chi connectivity index (χ1) is 8.65. The average molecular weight is 250 g/mol. The van der Waals surface area contributed by atoms with Crippen molar-refractivity contribution in [3.8, 4) is 5.75 Å². The SMILES string of the molecule is CCCC[C@@H]1O[C@]1(C(=O)O)c1ccc(OC)cc1. The van der Waals surface area contributed by atoms with Gasteiger partial charge in [-0.1, -0.05) is 31.9 Å². The maximum atomic E-state index is 11.5. The van der Waals surface area contributed by atoms with Crippen LogP contribution < -0.4 is 4.74 Å². The third-order valence-corrected chi connectivity index (χ3v) is 3.38. The Kier molecular flexibility index (Phi) is 3.57. The van der Waals surface area contributed by atoms with Crippen LogP contribution in [-0.2, 0) is 15.1 Å². The minimum atomic E-state index is -1.14. The summed E-state index contributed by atoms with van der Waals surface area (Å²) in [5, 5.41) is 9.40. The second-order valence-electron chi connectivity index (χ2n) is 4.52. The quantitative estimate of drug-likeness (QED) is 0.788. The molecule has 0 bridgehead atoms. The van der Waals surface area contributed by atoms with E-state index in [9.17, 15) is 9.90 Å². The van der Waals surface area contributed by atoms with E-state index in [1.165, 1.54) is 0 Å². The zero-order valence-electron chi connectivity index (χ0n) is 10.7. The van der Waals surface area contributed by atoms with Crippen LogP contribution >= 0.6 is 0 Å². The molecule has 1 fully saturated rings. The first-order valence-corrected chi connectivity index (χ1v) is 6.21. The lowest BCUT2D eigenvalue weighted by molar-refractivity contribution is -0.143. The summed E-state index contributed by atoms with van der Waals surface area (Å²) < 4.78 is 10.6. The molecule has 18 heavy (non-hydrogen) atoms. The summed E-state index contributed by atoms with van der Waals surface area (Å²) in [5.41, 5.74) is -0.446. The second kappa shape index (κ2) is 4.98. The van der Waals surface area contributed by atoms with Gasteiger partial charge in [0.2, 0.25) is 5.60 Å². The lowest BCUT2D eigenvalue weighted by Crippen LogP contribution is -2.24. The summed E-state index contributed by atoms with van der Waals surface area (Å²) in [6.45, 7) is 2.08. The Morgan fingerprint density at radius 1 is 1.44 bits per heavy atom. The predicted molar refractivity (Wildman–Crippen MR) is 66.7 cm³/mol. The number of carboxylic acids is 1. The molecule has 1 N–H and O–H groups in total. The van der Waals surface area contributed by atoms with E-state index in [1.807, 2.05) is 0 Å². The highest BCUT2D eigenvalue weighted by Gasteiger charge is 2.63. The Hall–Kier alpha value is -1.55. The normalized spacial score (nSPS) is 25.8. The first-order valence-electron chi connectivity index (χ1n) is 6.21. The van der Waals surface area contributed by atoms with Gasteiger partial charge < -0.3 is 14.6 Å². The number of unbranched alkanes of at least 4 members (excludes halogenated alkanes) is 1. The van der Waals surface area contributed by atoms with Crippen LogP contribution in [0.4, 0.5) is 0 Å².